The van der Waals surface area contributed by atoms with Crippen molar-refractivity contribution in [1.82, 2.24) is 5.43 Å². The first kappa shape index (κ1) is 10.7. The first-order valence-corrected chi connectivity index (χ1v) is 5.78. The number of hydrogen-bond donors (Lipinski definition) is 1. The number of para-hydroxylation sites is 1. The fraction of sp³-hybridized carbons (Fsp3) is 0.0833. The van der Waals surface area contributed by atoms with E-state index in [-0.39, 0.29) is 5.91 Å². The summed E-state index contributed by atoms with van der Waals surface area (Å²) in [4.78, 5) is 12.5. The van der Waals surface area contributed by atoms with Crippen molar-refractivity contribution in [3.05, 3.63) is 52.7 Å². The quantitative estimate of drug-likeness (QED) is 0.825. The summed E-state index contributed by atoms with van der Waals surface area (Å²) in [5.74, 6) is -0.0821. The number of carbonyl (C=O) groups is 1. The molecule has 1 amide bonds. The molecule has 2 rings (SSSR count). The van der Waals surface area contributed by atoms with Gasteiger partial charge in [0, 0.05) is 7.05 Å². The number of benzene rings is 1. The van der Waals surface area contributed by atoms with Gasteiger partial charge in [0.1, 0.15) is 0 Å². The van der Waals surface area contributed by atoms with Crippen molar-refractivity contribution in [2.45, 2.75) is 0 Å². The van der Waals surface area contributed by atoms with Crippen LogP contribution in [0.2, 0.25) is 0 Å². The third kappa shape index (κ3) is 2.41. The molecule has 3 nitrogen and oxygen atoms in total. The minimum absolute atomic E-state index is 0.0821. The highest BCUT2D eigenvalue weighted by Crippen LogP contribution is 2.11. The lowest BCUT2D eigenvalue weighted by molar-refractivity contribution is 0.0955. The minimum Gasteiger partial charge on any atom is -0.288 e. The monoisotopic (exact) mass is 232 g/mol. The van der Waals surface area contributed by atoms with Crippen LogP contribution in [0.4, 0.5) is 5.69 Å². The number of anilines is 1. The Bertz CT molecular complexity index is 453. The molecule has 0 saturated heterocycles. The van der Waals surface area contributed by atoms with Crippen LogP contribution in [0.1, 0.15) is 9.67 Å². The highest BCUT2D eigenvalue weighted by Gasteiger charge is 2.08. The predicted molar refractivity (Wildman–Crippen MR) is 66.6 cm³/mol. The molecule has 0 aliphatic heterocycles. The lowest BCUT2D eigenvalue weighted by Crippen LogP contribution is -2.38. The highest BCUT2D eigenvalue weighted by atomic mass is 32.1. The average Bonchev–Trinajstić information content (AvgIpc) is 2.83. The van der Waals surface area contributed by atoms with Gasteiger partial charge >= 0.3 is 0 Å². The van der Waals surface area contributed by atoms with Crippen molar-refractivity contribution in [1.29, 1.82) is 0 Å². The van der Waals surface area contributed by atoms with Gasteiger partial charge in [-0.25, -0.2) is 0 Å². The Morgan fingerprint density at radius 1 is 1.19 bits per heavy atom. The maximum absolute atomic E-state index is 11.7. The van der Waals surface area contributed by atoms with Crippen molar-refractivity contribution in [2.75, 3.05) is 12.1 Å². The molecular formula is C12H12N2OS. The van der Waals surface area contributed by atoms with Crippen LogP contribution in [0.5, 0.6) is 0 Å². The Kier molecular flexibility index (Phi) is 3.22. The van der Waals surface area contributed by atoms with E-state index in [1.165, 1.54) is 11.3 Å². The second-order valence-corrected chi connectivity index (χ2v) is 4.26. The van der Waals surface area contributed by atoms with E-state index in [0.717, 1.165) is 5.69 Å². The normalized spacial score (nSPS) is 9.81. The van der Waals surface area contributed by atoms with Gasteiger partial charge in [-0.1, -0.05) is 24.3 Å². The van der Waals surface area contributed by atoms with E-state index in [0.29, 0.717) is 4.88 Å². The first-order chi connectivity index (χ1) is 7.77. The van der Waals surface area contributed by atoms with Crippen molar-refractivity contribution in [3.63, 3.8) is 0 Å². The zero-order valence-corrected chi connectivity index (χ0v) is 9.70. The number of carbonyl (C=O) groups excluding carboxylic acids is 1. The molecule has 1 aromatic heterocycles. The zero-order chi connectivity index (χ0) is 11.4. The number of thiophene rings is 1. The van der Waals surface area contributed by atoms with Gasteiger partial charge in [0.25, 0.3) is 5.91 Å². The minimum atomic E-state index is -0.0821. The summed E-state index contributed by atoms with van der Waals surface area (Å²) in [6, 6.07) is 13.4. The first-order valence-electron chi connectivity index (χ1n) is 4.90. The fourth-order valence-electron chi connectivity index (χ4n) is 1.33. The SMILES string of the molecule is CN(NC(=O)c1cccs1)c1ccccc1. The van der Waals surface area contributed by atoms with E-state index in [2.05, 4.69) is 5.43 Å². The molecule has 0 aliphatic carbocycles. The summed E-state index contributed by atoms with van der Waals surface area (Å²) in [5, 5.41) is 3.60. The molecule has 0 bridgehead atoms. The summed E-state index contributed by atoms with van der Waals surface area (Å²) in [6.07, 6.45) is 0. The number of nitrogens with zero attached hydrogens (tertiary/aromatic N) is 1. The fourth-order valence-corrected chi connectivity index (χ4v) is 1.94. The van der Waals surface area contributed by atoms with E-state index in [4.69, 9.17) is 0 Å². The lowest BCUT2D eigenvalue weighted by Gasteiger charge is -2.19. The molecular weight excluding hydrogens is 220 g/mol. The second-order valence-electron chi connectivity index (χ2n) is 3.31. The molecule has 1 heterocycles. The molecule has 16 heavy (non-hydrogen) atoms. The van der Waals surface area contributed by atoms with Crippen LogP contribution in [0.15, 0.2) is 47.8 Å². The van der Waals surface area contributed by atoms with Gasteiger partial charge in [-0.05, 0) is 23.6 Å². The standard InChI is InChI=1S/C12H12N2OS/c1-14(10-6-3-2-4-7-10)13-12(15)11-8-5-9-16-11/h2-9H,1H3,(H,13,15). The van der Waals surface area contributed by atoms with Gasteiger partial charge < -0.3 is 0 Å². The topological polar surface area (TPSA) is 32.3 Å². The lowest BCUT2D eigenvalue weighted by atomic mass is 10.3. The Labute approximate surface area is 98.3 Å². The summed E-state index contributed by atoms with van der Waals surface area (Å²) >= 11 is 1.43. The molecule has 0 unspecified atom stereocenters. The molecule has 0 atom stereocenters. The highest BCUT2D eigenvalue weighted by molar-refractivity contribution is 7.12. The molecule has 1 aromatic carbocycles. The number of hydrogen-bond acceptors (Lipinski definition) is 3. The van der Waals surface area contributed by atoms with Gasteiger partial charge in [-0.3, -0.25) is 15.2 Å². The molecule has 82 valence electrons. The third-order valence-corrected chi connectivity index (χ3v) is 3.03. The van der Waals surface area contributed by atoms with Crippen molar-refractivity contribution in [2.24, 2.45) is 0 Å². The maximum atomic E-state index is 11.7. The number of hydrazine groups is 1. The van der Waals surface area contributed by atoms with Gasteiger partial charge in [0.2, 0.25) is 0 Å². The van der Waals surface area contributed by atoms with Crippen LogP contribution >= 0.6 is 11.3 Å². The zero-order valence-electron chi connectivity index (χ0n) is 8.88. The molecule has 4 heteroatoms. The van der Waals surface area contributed by atoms with Crippen LogP contribution in [0.3, 0.4) is 0 Å². The van der Waals surface area contributed by atoms with E-state index in [1.807, 2.05) is 48.8 Å². The Balaban J connectivity index is 2.03. The molecule has 1 N–H and O–H groups in total. The van der Waals surface area contributed by atoms with E-state index < -0.39 is 0 Å². The molecule has 2 aromatic rings. The summed E-state index contributed by atoms with van der Waals surface area (Å²) in [6.45, 7) is 0. The van der Waals surface area contributed by atoms with Gasteiger partial charge in [-0.2, -0.15) is 0 Å². The van der Waals surface area contributed by atoms with Crippen LogP contribution in [-0.2, 0) is 0 Å². The van der Waals surface area contributed by atoms with Gasteiger partial charge in [-0.15, -0.1) is 11.3 Å². The summed E-state index contributed by atoms with van der Waals surface area (Å²) < 4.78 is 0. The average molecular weight is 232 g/mol. The molecule has 0 aliphatic rings. The van der Waals surface area contributed by atoms with Crippen LogP contribution in [0, 0.1) is 0 Å². The second kappa shape index (κ2) is 4.81. The van der Waals surface area contributed by atoms with Crippen molar-refractivity contribution in [3.8, 4) is 0 Å². The molecule has 0 spiro atoms. The van der Waals surface area contributed by atoms with Crippen molar-refractivity contribution < 1.29 is 4.79 Å². The molecule has 0 saturated carbocycles. The third-order valence-electron chi connectivity index (χ3n) is 2.16. The van der Waals surface area contributed by atoms with Gasteiger partial charge in [0.15, 0.2) is 0 Å². The van der Waals surface area contributed by atoms with E-state index in [9.17, 15) is 4.79 Å². The Hall–Kier alpha value is -1.81. The maximum Gasteiger partial charge on any atom is 0.279 e. The Morgan fingerprint density at radius 2 is 1.94 bits per heavy atom. The largest absolute Gasteiger partial charge is 0.288 e. The van der Waals surface area contributed by atoms with E-state index in [1.54, 1.807) is 11.1 Å². The number of rotatable bonds is 3. The molecule has 0 fully saturated rings. The van der Waals surface area contributed by atoms with Crippen molar-refractivity contribution >= 4 is 22.9 Å². The van der Waals surface area contributed by atoms with Crippen LogP contribution in [0.25, 0.3) is 0 Å². The predicted octanol–water partition coefficient (Wildman–Crippen LogP) is 2.53. The summed E-state index contributed by atoms with van der Waals surface area (Å²) in [7, 11) is 1.82. The Morgan fingerprint density at radius 3 is 2.56 bits per heavy atom. The van der Waals surface area contributed by atoms with Crippen LogP contribution in [-0.4, -0.2) is 13.0 Å². The van der Waals surface area contributed by atoms with Gasteiger partial charge in [0.05, 0.1) is 10.6 Å². The number of amides is 1. The number of nitrogens with one attached hydrogen (secondary N) is 1. The summed E-state index contributed by atoms with van der Waals surface area (Å²) in [5.41, 5.74) is 3.75. The smallest absolute Gasteiger partial charge is 0.279 e. The van der Waals surface area contributed by atoms with E-state index >= 15 is 0 Å². The van der Waals surface area contributed by atoms with Crippen LogP contribution < -0.4 is 10.4 Å². The molecule has 0 radical (unpaired) electrons.